The molecule has 2 rings (SSSR count). The summed E-state index contributed by atoms with van der Waals surface area (Å²) in [5, 5.41) is 0.451. The summed E-state index contributed by atoms with van der Waals surface area (Å²) in [6.07, 6.45) is 0. The molecule has 1 aromatic carbocycles. The molecule has 0 atom stereocenters. The third kappa shape index (κ3) is 3.17. The highest BCUT2D eigenvalue weighted by atomic mass is 35.5. The van der Waals surface area contributed by atoms with E-state index in [2.05, 4.69) is 0 Å². The van der Waals surface area contributed by atoms with Gasteiger partial charge in [-0.15, -0.1) is 0 Å². The smallest absolute Gasteiger partial charge is 0.244 e. The van der Waals surface area contributed by atoms with Crippen LogP contribution in [-0.4, -0.2) is 19.8 Å². The molecule has 0 radical (unpaired) electrons. The average Bonchev–Trinajstić information content (AvgIpc) is 2.77. The van der Waals surface area contributed by atoms with Crippen molar-refractivity contribution in [2.75, 3.05) is 7.05 Å². The molecular weight excluding hydrogens is 321 g/mol. The summed E-state index contributed by atoms with van der Waals surface area (Å²) in [6, 6.07) is 7.85. The Kier molecular flexibility index (Phi) is 4.44. The zero-order chi connectivity index (χ0) is 14.9. The van der Waals surface area contributed by atoms with Crippen molar-refractivity contribution < 1.29 is 12.8 Å². The fourth-order valence-electron chi connectivity index (χ4n) is 1.72. The van der Waals surface area contributed by atoms with Crippen LogP contribution in [0.3, 0.4) is 0 Å². The van der Waals surface area contributed by atoms with Crippen LogP contribution in [0.2, 0.25) is 10.0 Å². The number of nitrogens with zero attached hydrogens (tertiary/aromatic N) is 1. The van der Waals surface area contributed by atoms with Gasteiger partial charge in [0, 0.05) is 12.1 Å². The topological polar surface area (TPSA) is 50.5 Å². The molecule has 1 aromatic heterocycles. The van der Waals surface area contributed by atoms with Gasteiger partial charge in [-0.25, -0.2) is 8.42 Å². The molecule has 2 aromatic rings. The number of hydrogen-bond donors (Lipinski definition) is 0. The van der Waals surface area contributed by atoms with E-state index < -0.39 is 10.0 Å². The van der Waals surface area contributed by atoms with E-state index in [1.807, 2.05) is 0 Å². The van der Waals surface area contributed by atoms with E-state index in [0.29, 0.717) is 10.8 Å². The molecule has 0 aliphatic heterocycles. The van der Waals surface area contributed by atoms with Gasteiger partial charge in [0.1, 0.15) is 16.4 Å². The Hall–Kier alpha value is -1.01. The highest BCUT2D eigenvalue weighted by molar-refractivity contribution is 7.89. The van der Waals surface area contributed by atoms with E-state index in [9.17, 15) is 8.42 Å². The third-order valence-electron chi connectivity index (χ3n) is 2.76. The minimum atomic E-state index is -3.72. The molecule has 7 heteroatoms. The van der Waals surface area contributed by atoms with Crippen LogP contribution in [0.25, 0.3) is 0 Å². The molecule has 0 fully saturated rings. The lowest BCUT2D eigenvalue weighted by atomic mass is 10.4. The monoisotopic (exact) mass is 333 g/mol. The van der Waals surface area contributed by atoms with Crippen molar-refractivity contribution in [3.8, 4) is 0 Å². The van der Waals surface area contributed by atoms with Gasteiger partial charge < -0.3 is 4.42 Å². The van der Waals surface area contributed by atoms with Crippen LogP contribution >= 0.6 is 23.2 Å². The Labute approximate surface area is 128 Å². The molecule has 0 saturated carbocycles. The van der Waals surface area contributed by atoms with Crippen LogP contribution in [0.5, 0.6) is 0 Å². The fourth-order valence-corrected chi connectivity index (χ4v) is 3.59. The van der Waals surface area contributed by atoms with E-state index in [4.69, 9.17) is 27.6 Å². The fraction of sp³-hybridized carbons (Fsp3) is 0.231. The van der Waals surface area contributed by atoms with Gasteiger partial charge in [0.15, 0.2) is 0 Å². The van der Waals surface area contributed by atoms with Crippen molar-refractivity contribution in [2.24, 2.45) is 0 Å². The van der Waals surface area contributed by atoms with Crippen molar-refractivity contribution in [3.05, 3.63) is 51.9 Å². The maximum Gasteiger partial charge on any atom is 0.244 e. The predicted molar refractivity (Wildman–Crippen MR) is 78.6 cm³/mol. The molecule has 20 heavy (non-hydrogen) atoms. The van der Waals surface area contributed by atoms with Gasteiger partial charge >= 0.3 is 0 Å². The zero-order valence-electron chi connectivity index (χ0n) is 10.9. The molecular formula is C13H13Cl2NO3S. The Balaban J connectivity index is 2.32. The van der Waals surface area contributed by atoms with Crippen molar-refractivity contribution in [1.82, 2.24) is 4.31 Å². The minimum Gasteiger partial charge on any atom is -0.465 e. The molecule has 108 valence electrons. The van der Waals surface area contributed by atoms with Crippen LogP contribution in [0.15, 0.2) is 39.6 Å². The number of sulfonamides is 1. The summed E-state index contributed by atoms with van der Waals surface area (Å²) in [4.78, 5) is -0.0163. The van der Waals surface area contributed by atoms with Gasteiger partial charge in [-0.1, -0.05) is 23.2 Å². The summed E-state index contributed by atoms with van der Waals surface area (Å²) in [6.45, 7) is 1.92. The first-order valence-electron chi connectivity index (χ1n) is 5.77. The molecule has 0 unspecified atom stereocenters. The number of benzene rings is 1. The van der Waals surface area contributed by atoms with E-state index in [-0.39, 0.29) is 16.5 Å². The van der Waals surface area contributed by atoms with E-state index >= 15 is 0 Å². The maximum absolute atomic E-state index is 12.5. The van der Waals surface area contributed by atoms with Crippen LogP contribution in [0.1, 0.15) is 11.5 Å². The van der Waals surface area contributed by atoms with Crippen LogP contribution in [0.4, 0.5) is 0 Å². The van der Waals surface area contributed by atoms with Crippen molar-refractivity contribution >= 4 is 33.2 Å². The summed E-state index contributed by atoms with van der Waals surface area (Å²) >= 11 is 11.8. The highest BCUT2D eigenvalue weighted by Gasteiger charge is 2.24. The van der Waals surface area contributed by atoms with Crippen LogP contribution < -0.4 is 0 Å². The first-order valence-corrected chi connectivity index (χ1v) is 7.97. The SMILES string of the molecule is Cc1ccc(CN(C)S(=O)(=O)c2cc(Cl)ccc2Cl)o1. The molecule has 0 aliphatic carbocycles. The molecule has 0 N–H and O–H groups in total. The maximum atomic E-state index is 12.5. The first kappa shape index (κ1) is 15.4. The van der Waals surface area contributed by atoms with Crippen LogP contribution in [-0.2, 0) is 16.6 Å². The Morgan fingerprint density at radius 3 is 2.50 bits per heavy atom. The Morgan fingerprint density at radius 2 is 1.90 bits per heavy atom. The Bertz CT molecular complexity index is 725. The number of rotatable bonds is 4. The quantitative estimate of drug-likeness (QED) is 0.856. The molecule has 0 bridgehead atoms. The molecule has 0 aliphatic rings. The Morgan fingerprint density at radius 1 is 1.20 bits per heavy atom. The molecule has 0 spiro atoms. The predicted octanol–water partition coefficient (Wildman–Crippen LogP) is 3.72. The lowest BCUT2D eigenvalue weighted by molar-refractivity contribution is 0.397. The second-order valence-electron chi connectivity index (χ2n) is 4.35. The zero-order valence-corrected chi connectivity index (χ0v) is 13.3. The van der Waals surface area contributed by atoms with Crippen molar-refractivity contribution in [2.45, 2.75) is 18.4 Å². The minimum absolute atomic E-state index is 0.0163. The van der Waals surface area contributed by atoms with Crippen molar-refractivity contribution in [3.63, 3.8) is 0 Å². The lowest BCUT2D eigenvalue weighted by Gasteiger charge is -2.17. The first-order chi connectivity index (χ1) is 9.30. The number of furan rings is 1. The number of hydrogen-bond acceptors (Lipinski definition) is 3. The largest absolute Gasteiger partial charge is 0.465 e. The van der Waals surface area contributed by atoms with E-state index in [1.54, 1.807) is 25.1 Å². The van der Waals surface area contributed by atoms with Gasteiger partial charge in [0.2, 0.25) is 10.0 Å². The van der Waals surface area contributed by atoms with Crippen LogP contribution in [0, 0.1) is 6.92 Å². The molecule has 0 amide bonds. The normalized spacial score (nSPS) is 12.1. The average molecular weight is 334 g/mol. The highest BCUT2D eigenvalue weighted by Crippen LogP contribution is 2.28. The van der Waals surface area contributed by atoms with Crippen molar-refractivity contribution in [1.29, 1.82) is 0 Å². The van der Waals surface area contributed by atoms with Gasteiger partial charge in [0.05, 0.1) is 11.6 Å². The second kappa shape index (κ2) is 5.77. The molecule has 4 nitrogen and oxygen atoms in total. The van der Waals surface area contributed by atoms with Gasteiger partial charge in [-0.2, -0.15) is 4.31 Å². The number of aryl methyl sites for hydroxylation is 1. The summed E-state index contributed by atoms with van der Waals surface area (Å²) in [7, 11) is -2.26. The summed E-state index contributed by atoms with van der Waals surface area (Å²) in [5.74, 6) is 1.29. The lowest BCUT2D eigenvalue weighted by Crippen LogP contribution is -2.26. The van der Waals surface area contributed by atoms with E-state index in [1.165, 1.54) is 23.5 Å². The second-order valence-corrected chi connectivity index (χ2v) is 7.21. The van der Waals surface area contributed by atoms with Gasteiger partial charge in [-0.3, -0.25) is 0 Å². The van der Waals surface area contributed by atoms with Gasteiger partial charge in [0.25, 0.3) is 0 Å². The standard InChI is InChI=1S/C13H13Cl2NO3S/c1-9-3-5-11(19-9)8-16(2)20(17,18)13-7-10(14)4-6-12(13)15/h3-7H,8H2,1-2H3. The summed E-state index contributed by atoms with van der Waals surface area (Å²) in [5.41, 5.74) is 0. The van der Waals surface area contributed by atoms with E-state index in [0.717, 1.165) is 5.76 Å². The number of halogens is 2. The molecule has 1 heterocycles. The third-order valence-corrected chi connectivity index (χ3v) is 5.28. The van der Waals surface area contributed by atoms with Gasteiger partial charge in [-0.05, 0) is 37.3 Å². The molecule has 0 saturated heterocycles. The summed E-state index contributed by atoms with van der Waals surface area (Å²) < 4.78 is 31.5.